The summed E-state index contributed by atoms with van der Waals surface area (Å²) in [7, 11) is 0. The molecule has 5 heteroatoms. The Hall–Kier alpha value is -1.49. The van der Waals surface area contributed by atoms with Gasteiger partial charge in [-0.25, -0.2) is 5.43 Å². The Labute approximate surface area is 187 Å². The second-order valence-corrected chi connectivity index (χ2v) is 11.6. The summed E-state index contributed by atoms with van der Waals surface area (Å²) in [4.78, 5) is 24.5. The maximum absolute atomic E-state index is 12.3. The summed E-state index contributed by atoms with van der Waals surface area (Å²) in [6.07, 6.45) is 11.4. The second kappa shape index (κ2) is 8.13. The highest BCUT2D eigenvalue weighted by atomic mass is 16.2. The van der Waals surface area contributed by atoms with E-state index < -0.39 is 6.04 Å². The number of amides is 1. The van der Waals surface area contributed by atoms with Crippen molar-refractivity contribution in [3.8, 4) is 0 Å². The van der Waals surface area contributed by atoms with Crippen molar-refractivity contribution in [1.29, 1.82) is 0 Å². The Morgan fingerprint density at radius 2 is 1.84 bits per heavy atom. The van der Waals surface area contributed by atoms with Crippen molar-refractivity contribution in [2.75, 3.05) is 0 Å². The molecule has 0 radical (unpaired) electrons. The summed E-state index contributed by atoms with van der Waals surface area (Å²) < 4.78 is 0. The molecule has 0 spiro atoms. The maximum Gasteiger partial charge on any atom is 0.257 e. The molecule has 0 saturated heterocycles. The summed E-state index contributed by atoms with van der Waals surface area (Å²) >= 11 is 0. The molecule has 5 nitrogen and oxygen atoms in total. The molecular formula is C26H41N3O2. The molecular weight excluding hydrogens is 386 g/mol. The standard InChI is InChI=1S/C26H41N3O2/c1-15(2)23(27)24(31)29-28-18-10-12-25(4)17(14-18)6-7-19-21-9-8-20(16(3)30)26(21,5)13-11-22(19)25/h14-15,19-23H,6-13,27H2,1-5H3,(H,29,31)/t19-,20+,21-,22-,23-,25-,26+/m0/s1. The zero-order valence-corrected chi connectivity index (χ0v) is 20.0. The molecule has 0 heterocycles. The first-order valence-corrected chi connectivity index (χ1v) is 12.4. The third-order valence-corrected chi connectivity index (χ3v) is 9.80. The van der Waals surface area contributed by atoms with Gasteiger partial charge >= 0.3 is 0 Å². The highest BCUT2D eigenvalue weighted by molar-refractivity contribution is 5.97. The fourth-order valence-electron chi connectivity index (χ4n) is 7.83. The number of rotatable bonds is 4. The number of nitrogens with one attached hydrogen (secondary N) is 1. The van der Waals surface area contributed by atoms with E-state index in [0.717, 1.165) is 37.3 Å². The lowest BCUT2D eigenvalue weighted by Crippen LogP contribution is -2.51. The molecule has 3 fully saturated rings. The monoisotopic (exact) mass is 427 g/mol. The number of hydrazone groups is 1. The van der Waals surface area contributed by atoms with Crippen LogP contribution < -0.4 is 11.2 Å². The average Bonchev–Trinajstić information content (AvgIpc) is 3.08. The highest BCUT2D eigenvalue weighted by Crippen LogP contribution is 2.66. The Morgan fingerprint density at radius 3 is 2.52 bits per heavy atom. The van der Waals surface area contributed by atoms with Crippen LogP contribution in [0.2, 0.25) is 0 Å². The van der Waals surface area contributed by atoms with Crippen LogP contribution in [0.3, 0.4) is 0 Å². The number of Topliss-reactive ketones (excluding diaryl/α,β-unsaturated/α-hetero) is 1. The van der Waals surface area contributed by atoms with Gasteiger partial charge in [0.15, 0.2) is 0 Å². The number of hydrogen-bond acceptors (Lipinski definition) is 4. The van der Waals surface area contributed by atoms with Gasteiger partial charge in [-0.1, -0.05) is 33.3 Å². The van der Waals surface area contributed by atoms with Gasteiger partial charge in [-0.2, -0.15) is 5.10 Å². The van der Waals surface area contributed by atoms with Crippen LogP contribution in [0.5, 0.6) is 0 Å². The predicted octanol–water partition coefficient (Wildman–Crippen LogP) is 4.61. The largest absolute Gasteiger partial charge is 0.320 e. The van der Waals surface area contributed by atoms with Crippen LogP contribution in [0.15, 0.2) is 16.8 Å². The van der Waals surface area contributed by atoms with Gasteiger partial charge in [0.1, 0.15) is 5.78 Å². The van der Waals surface area contributed by atoms with E-state index >= 15 is 0 Å². The van der Waals surface area contributed by atoms with Crippen LogP contribution in [-0.4, -0.2) is 23.4 Å². The first-order valence-electron chi connectivity index (χ1n) is 12.4. The van der Waals surface area contributed by atoms with Gasteiger partial charge in [0, 0.05) is 5.92 Å². The molecule has 0 aliphatic heterocycles. The molecule has 0 aromatic rings. The van der Waals surface area contributed by atoms with Crippen LogP contribution in [0.4, 0.5) is 0 Å². The van der Waals surface area contributed by atoms with E-state index in [4.69, 9.17) is 5.73 Å². The number of fused-ring (bicyclic) bond motifs is 5. The lowest BCUT2D eigenvalue weighted by Gasteiger charge is -2.58. The fraction of sp³-hybridized carbons (Fsp3) is 0.808. The minimum atomic E-state index is -0.525. The van der Waals surface area contributed by atoms with Gasteiger partial charge in [-0.05, 0) is 98.9 Å². The molecule has 7 atom stereocenters. The third-order valence-electron chi connectivity index (χ3n) is 9.80. The van der Waals surface area contributed by atoms with Gasteiger partial charge in [0.05, 0.1) is 11.8 Å². The zero-order valence-electron chi connectivity index (χ0n) is 20.0. The summed E-state index contributed by atoms with van der Waals surface area (Å²) in [5, 5.41) is 4.43. The van der Waals surface area contributed by atoms with Gasteiger partial charge in [0.2, 0.25) is 0 Å². The third kappa shape index (κ3) is 3.71. The maximum atomic E-state index is 12.3. The molecule has 1 amide bonds. The average molecular weight is 428 g/mol. The Balaban J connectivity index is 1.51. The predicted molar refractivity (Wildman–Crippen MR) is 124 cm³/mol. The van der Waals surface area contributed by atoms with E-state index in [1.165, 1.54) is 31.3 Å². The van der Waals surface area contributed by atoms with Crippen LogP contribution in [0.25, 0.3) is 0 Å². The van der Waals surface area contributed by atoms with Crippen molar-refractivity contribution in [3.05, 3.63) is 11.6 Å². The first-order chi connectivity index (χ1) is 14.6. The van der Waals surface area contributed by atoms with Crippen molar-refractivity contribution in [3.63, 3.8) is 0 Å². The van der Waals surface area contributed by atoms with Crippen LogP contribution in [0, 0.1) is 40.4 Å². The molecule has 0 aromatic heterocycles. The fourth-order valence-corrected chi connectivity index (χ4v) is 7.83. The number of hydrogen-bond donors (Lipinski definition) is 2. The summed E-state index contributed by atoms with van der Waals surface area (Å²) in [6, 6.07) is -0.525. The molecule has 4 aliphatic rings. The molecule has 0 aromatic carbocycles. The Bertz CT molecular complexity index is 815. The summed E-state index contributed by atoms with van der Waals surface area (Å²) in [5.41, 5.74) is 11.6. The summed E-state index contributed by atoms with van der Waals surface area (Å²) in [5.74, 6) is 2.72. The number of carbonyl (C=O) groups excluding carboxylic acids is 2. The van der Waals surface area contributed by atoms with Gasteiger partial charge in [-0.15, -0.1) is 0 Å². The summed E-state index contributed by atoms with van der Waals surface area (Å²) in [6.45, 7) is 10.6. The van der Waals surface area contributed by atoms with Crippen molar-refractivity contribution >= 4 is 17.4 Å². The minimum Gasteiger partial charge on any atom is -0.320 e. The molecule has 4 aliphatic carbocycles. The van der Waals surface area contributed by atoms with Crippen LogP contribution >= 0.6 is 0 Å². The zero-order chi connectivity index (χ0) is 22.6. The van der Waals surface area contributed by atoms with Gasteiger partial charge in [-0.3, -0.25) is 9.59 Å². The number of carbonyl (C=O) groups is 2. The quantitative estimate of drug-likeness (QED) is 0.643. The number of nitrogens with two attached hydrogens (primary N) is 1. The van der Waals surface area contributed by atoms with E-state index in [2.05, 4.69) is 30.5 Å². The highest BCUT2D eigenvalue weighted by Gasteiger charge is 2.59. The number of allylic oxidation sites excluding steroid dienone is 2. The smallest absolute Gasteiger partial charge is 0.257 e. The SMILES string of the molecule is CC(=O)[C@H]1CC[C@H]2[C@@H]3CCC4=CC(=NNC(=O)[C@@H](N)C(C)C)CC[C@]4(C)[C@H]3CC[C@]12C. The first kappa shape index (κ1) is 22.7. The number of ketones is 1. The van der Waals surface area contributed by atoms with Gasteiger partial charge < -0.3 is 5.73 Å². The molecule has 3 saturated carbocycles. The Kier molecular flexibility index (Phi) is 5.95. The van der Waals surface area contributed by atoms with Crippen molar-refractivity contribution in [1.82, 2.24) is 5.43 Å². The molecule has 172 valence electrons. The van der Waals surface area contributed by atoms with Crippen molar-refractivity contribution in [2.24, 2.45) is 51.3 Å². The molecule has 4 rings (SSSR count). The molecule has 31 heavy (non-hydrogen) atoms. The lowest BCUT2D eigenvalue weighted by molar-refractivity contribution is -0.127. The van der Waals surface area contributed by atoms with E-state index in [1.54, 1.807) is 0 Å². The minimum absolute atomic E-state index is 0.0960. The van der Waals surface area contributed by atoms with Crippen LogP contribution in [0.1, 0.15) is 86.0 Å². The topological polar surface area (TPSA) is 84.5 Å². The van der Waals surface area contributed by atoms with Crippen molar-refractivity contribution in [2.45, 2.75) is 92.0 Å². The lowest BCUT2D eigenvalue weighted by atomic mass is 9.46. The molecule has 0 bridgehead atoms. The van der Waals surface area contributed by atoms with E-state index in [9.17, 15) is 9.59 Å². The number of nitrogens with zero attached hydrogens (tertiary/aromatic N) is 1. The molecule has 3 N–H and O–H groups in total. The van der Waals surface area contributed by atoms with E-state index in [0.29, 0.717) is 17.6 Å². The van der Waals surface area contributed by atoms with Crippen LogP contribution in [-0.2, 0) is 9.59 Å². The van der Waals surface area contributed by atoms with Crippen molar-refractivity contribution < 1.29 is 9.59 Å². The Morgan fingerprint density at radius 1 is 1.10 bits per heavy atom. The van der Waals surface area contributed by atoms with Gasteiger partial charge in [0.25, 0.3) is 5.91 Å². The van der Waals surface area contributed by atoms with E-state index in [1.807, 2.05) is 20.8 Å². The second-order valence-electron chi connectivity index (χ2n) is 11.6. The normalized spacial score (nSPS) is 41.8. The molecule has 0 unspecified atom stereocenters. The van der Waals surface area contributed by atoms with E-state index in [-0.39, 0.29) is 28.6 Å².